The first-order valence-electron chi connectivity index (χ1n) is 8.12. The Morgan fingerprint density at radius 1 is 1.18 bits per heavy atom. The van der Waals surface area contributed by atoms with Gasteiger partial charge in [-0.25, -0.2) is 0 Å². The summed E-state index contributed by atoms with van der Waals surface area (Å²) in [5.74, 6) is 0.778. The van der Waals surface area contributed by atoms with E-state index in [1.807, 2.05) is 0 Å². The van der Waals surface area contributed by atoms with Crippen LogP contribution in [0.4, 0.5) is 5.69 Å². The van der Waals surface area contributed by atoms with Gasteiger partial charge in [0, 0.05) is 11.1 Å². The number of amides is 1. The normalized spacial score (nSPS) is 25.5. The summed E-state index contributed by atoms with van der Waals surface area (Å²) in [5.41, 5.74) is 0.594. The van der Waals surface area contributed by atoms with Gasteiger partial charge < -0.3 is 5.32 Å². The maximum absolute atomic E-state index is 12.4. The van der Waals surface area contributed by atoms with Crippen molar-refractivity contribution in [2.24, 2.45) is 5.92 Å². The number of nitrogens with zero attached hydrogens (tertiary/aromatic N) is 1. The van der Waals surface area contributed by atoms with Crippen LogP contribution in [0.15, 0.2) is 18.2 Å². The summed E-state index contributed by atoms with van der Waals surface area (Å²) in [6, 6.07) is 5.71. The lowest BCUT2D eigenvalue weighted by Crippen LogP contribution is -2.49. The molecule has 0 spiro atoms. The lowest BCUT2D eigenvalue weighted by atomic mass is 9.78. The van der Waals surface area contributed by atoms with E-state index in [4.69, 9.17) is 23.2 Å². The Morgan fingerprint density at radius 3 is 2.82 bits per heavy atom. The topological polar surface area (TPSA) is 32.3 Å². The quantitative estimate of drug-likeness (QED) is 0.872. The fraction of sp³-hybridized carbons (Fsp3) is 0.588. The van der Waals surface area contributed by atoms with Crippen molar-refractivity contribution in [3.8, 4) is 0 Å². The molecule has 0 aromatic heterocycles. The van der Waals surface area contributed by atoms with Crippen LogP contribution < -0.4 is 5.32 Å². The molecule has 1 saturated heterocycles. The summed E-state index contributed by atoms with van der Waals surface area (Å²) in [6.45, 7) is 1.47. The summed E-state index contributed by atoms with van der Waals surface area (Å²) in [4.78, 5) is 14.7. The molecule has 0 unspecified atom stereocenters. The summed E-state index contributed by atoms with van der Waals surface area (Å²) < 4.78 is 0. The summed E-state index contributed by atoms with van der Waals surface area (Å²) >= 11 is 12.1. The monoisotopic (exact) mass is 340 g/mol. The van der Waals surface area contributed by atoms with E-state index in [9.17, 15) is 4.79 Å². The van der Waals surface area contributed by atoms with Crippen LogP contribution in [0.3, 0.4) is 0 Å². The maximum atomic E-state index is 12.4. The van der Waals surface area contributed by atoms with Gasteiger partial charge in [-0.05, 0) is 56.3 Å². The van der Waals surface area contributed by atoms with E-state index >= 15 is 0 Å². The van der Waals surface area contributed by atoms with Crippen LogP contribution in [0.2, 0.25) is 10.0 Å². The van der Waals surface area contributed by atoms with Gasteiger partial charge in [0.1, 0.15) is 0 Å². The smallest absolute Gasteiger partial charge is 0.238 e. The molecule has 1 aromatic rings. The van der Waals surface area contributed by atoms with Crippen molar-refractivity contribution < 1.29 is 4.79 Å². The predicted molar refractivity (Wildman–Crippen MR) is 91.6 cm³/mol. The molecule has 2 atom stereocenters. The van der Waals surface area contributed by atoms with E-state index in [2.05, 4.69) is 10.2 Å². The Bertz CT molecular complexity index is 547. The van der Waals surface area contributed by atoms with Crippen molar-refractivity contribution in [1.29, 1.82) is 0 Å². The van der Waals surface area contributed by atoms with Crippen molar-refractivity contribution in [3.63, 3.8) is 0 Å². The molecule has 1 saturated carbocycles. The first-order valence-corrected chi connectivity index (χ1v) is 8.88. The molecule has 1 heterocycles. The molecule has 2 fully saturated rings. The molecule has 1 aliphatic carbocycles. The van der Waals surface area contributed by atoms with E-state index in [0.717, 1.165) is 12.5 Å². The van der Waals surface area contributed by atoms with Crippen LogP contribution in [0.1, 0.15) is 38.5 Å². The van der Waals surface area contributed by atoms with Crippen molar-refractivity contribution >= 4 is 34.8 Å². The molecule has 1 N–H and O–H groups in total. The summed E-state index contributed by atoms with van der Waals surface area (Å²) in [5, 5.41) is 3.99. The Morgan fingerprint density at radius 2 is 1.95 bits per heavy atom. The van der Waals surface area contributed by atoms with E-state index in [1.165, 1.54) is 38.5 Å². The third-order valence-electron chi connectivity index (χ3n) is 4.91. The molecule has 1 aliphatic heterocycles. The van der Waals surface area contributed by atoms with Gasteiger partial charge in [0.05, 0.1) is 17.3 Å². The molecule has 1 amide bonds. The number of nitrogens with one attached hydrogen (secondary N) is 1. The Hall–Kier alpha value is -0.770. The highest BCUT2D eigenvalue weighted by atomic mass is 35.5. The zero-order chi connectivity index (χ0) is 15.5. The Balaban J connectivity index is 1.62. The minimum atomic E-state index is -0.00427. The standard InChI is InChI=1S/C17H22Cl2N2O/c18-13-7-8-14(19)15(10-13)20-17(22)11-21-9-3-5-12-4-1-2-6-16(12)21/h7-8,10,12,16H,1-6,9,11H2,(H,20,22)/t12-,16+/m1/s1. The molecule has 22 heavy (non-hydrogen) atoms. The number of fused-ring (bicyclic) bond motifs is 1. The fourth-order valence-electron chi connectivity index (χ4n) is 3.89. The average molecular weight is 341 g/mol. The number of halogens is 2. The van der Waals surface area contributed by atoms with Crippen molar-refractivity contribution in [2.45, 2.75) is 44.6 Å². The highest BCUT2D eigenvalue weighted by Gasteiger charge is 2.33. The summed E-state index contributed by atoms with van der Waals surface area (Å²) in [6.07, 6.45) is 7.72. The van der Waals surface area contributed by atoms with Crippen LogP contribution in [-0.4, -0.2) is 29.9 Å². The van der Waals surface area contributed by atoms with Gasteiger partial charge in [0.25, 0.3) is 0 Å². The SMILES string of the molecule is O=C(CN1CCC[C@H]2CCCC[C@@H]21)Nc1cc(Cl)ccc1Cl. The van der Waals surface area contributed by atoms with E-state index in [1.54, 1.807) is 18.2 Å². The van der Waals surface area contributed by atoms with E-state index in [0.29, 0.717) is 28.3 Å². The van der Waals surface area contributed by atoms with Gasteiger partial charge in [0.2, 0.25) is 5.91 Å². The van der Waals surface area contributed by atoms with Gasteiger partial charge in [-0.15, -0.1) is 0 Å². The molecular formula is C17H22Cl2N2O. The molecule has 2 aliphatic rings. The first kappa shape index (κ1) is 16.1. The third-order valence-corrected chi connectivity index (χ3v) is 5.47. The number of hydrogen-bond donors (Lipinski definition) is 1. The first-order chi connectivity index (χ1) is 10.6. The van der Waals surface area contributed by atoms with Gasteiger partial charge in [0.15, 0.2) is 0 Å². The molecule has 3 nitrogen and oxygen atoms in total. The highest BCUT2D eigenvalue weighted by molar-refractivity contribution is 6.35. The lowest BCUT2D eigenvalue weighted by Gasteiger charge is -2.43. The number of rotatable bonds is 3. The van der Waals surface area contributed by atoms with E-state index < -0.39 is 0 Å². The van der Waals surface area contributed by atoms with Crippen LogP contribution in [0.25, 0.3) is 0 Å². The molecular weight excluding hydrogens is 319 g/mol. The van der Waals surface area contributed by atoms with Gasteiger partial charge in [-0.2, -0.15) is 0 Å². The van der Waals surface area contributed by atoms with Crippen LogP contribution in [-0.2, 0) is 4.79 Å². The molecule has 0 radical (unpaired) electrons. The van der Waals surface area contributed by atoms with Gasteiger partial charge in [-0.1, -0.05) is 36.0 Å². The minimum absolute atomic E-state index is 0.00427. The van der Waals surface area contributed by atoms with Crippen LogP contribution in [0.5, 0.6) is 0 Å². The van der Waals surface area contributed by atoms with Gasteiger partial charge in [-0.3, -0.25) is 9.69 Å². The maximum Gasteiger partial charge on any atom is 0.238 e. The van der Waals surface area contributed by atoms with Crippen LogP contribution in [0, 0.1) is 5.92 Å². The highest BCUT2D eigenvalue weighted by Crippen LogP contribution is 2.35. The lowest BCUT2D eigenvalue weighted by molar-refractivity contribution is -0.118. The molecule has 1 aromatic carbocycles. The number of anilines is 1. The molecule has 3 rings (SSSR count). The molecule has 5 heteroatoms. The van der Waals surface area contributed by atoms with Gasteiger partial charge >= 0.3 is 0 Å². The number of carbonyl (C=O) groups is 1. The Labute approximate surface area is 142 Å². The number of carbonyl (C=O) groups excluding carboxylic acids is 1. The van der Waals surface area contributed by atoms with Crippen LogP contribution >= 0.6 is 23.2 Å². The molecule has 120 valence electrons. The van der Waals surface area contributed by atoms with Crippen molar-refractivity contribution in [1.82, 2.24) is 4.90 Å². The second-order valence-electron chi connectivity index (χ2n) is 6.40. The fourth-order valence-corrected chi connectivity index (χ4v) is 4.23. The number of likely N-dealkylation sites (tertiary alicyclic amines) is 1. The number of hydrogen-bond acceptors (Lipinski definition) is 2. The third kappa shape index (κ3) is 3.76. The predicted octanol–water partition coefficient (Wildman–Crippen LogP) is 4.59. The van der Waals surface area contributed by atoms with Crippen molar-refractivity contribution in [2.75, 3.05) is 18.4 Å². The second-order valence-corrected chi connectivity index (χ2v) is 7.24. The largest absolute Gasteiger partial charge is 0.324 e. The zero-order valence-electron chi connectivity index (χ0n) is 12.7. The zero-order valence-corrected chi connectivity index (χ0v) is 14.2. The van der Waals surface area contributed by atoms with Crippen molar-refractivity contribution in [3.05, 3.63) is 28.2 Å². The molecule has 0 bridgehead atoms. The number of piperidine rings is 1. The van der Waals surface area contributed by atoms with E-state index in [-0.39, 0.29) is 5.91 Å². The minimum Gasteiger partial charge on any atom is -0.324 e. The second kappa shape index (κ2) is 7.20. The Kier molecular flexibility index (Phi) is 5.27. The average Bonchev–Trinajstić information content (AvgIpc) is 2.51. The summed E-state index contributed by atoms with van der Waals surface area (Å²) in [7, 11) is 0. The number of benzene rings is 1.